The highest BCUT2D eigenvalue weighted by molar-refractivity contribution is 5.73. The van der Waals surface area contributed by atoms with Crippen molar-refractivity contribution in [1.29, 1.82) is 0 Å². The van der Waals surface area contributed by atoms with E-state index in [2.05, 4.69) is 15.5 Å². The van der Waals surface area contributed by atoms with Gasteiger partial charge in [0.25, 0.3) is 0 Å². The topological polar surface area (TPSA) is 88.0 Å². The largest absolute Gasteiger partial charge is 0.356 e. The summed E-state index contributed by atoms with van der Waals surface area (Å²) in [6.45, 7) is 3.33. The van der Waals surface area contributed by atoms with Crippen LogP contribution in [0.15, 0.2) is 27.6 Å². The molecule has 2 aromatic rings. The number of nitrogens with one attached hydrogen (secondary N) is 2. The summed E-state index contributed by atoms with van der Waals surface area (Å²) < 4.78 is 5.04. The summed E-state index contributed by atoms with van der Waals surface area (Å²) in [6.07, 6.45) is 1.50. The molecule has 0 saturated carbocycles. The molecule has 0 aliphatic rings. The Balaban J connectivity index is 2.49. The molecule has 94 valence electrons. The molecule has 0 unspecified atom stereocenters. The van der Waals surface area contributed by atoms with E-state index in [4.69, 9.17) is 4.52 Å². The third-order valence-electron chi connectivity index (χ3n) is 2.47. The van der Waals surface area contributed by atoms with Gasteiger partial charge in [-0.3, -0.25) is 9.59 Å². The highest BCUT2D eigenvalue weighted by atomic mass is 16.5. The molecule has 2 aromatic heterocycles. The number of rotatable bonds is 3. The van der Waals surface area contributed by atoms with Crippen molar-refractivity contribution in [2.45, 2.75) is 20.4 Å². The summed E-state index contributed by atoms with van der Waals surface area (Å²) in [5, 5.41) is 6.21. The molecular weight excluding hydrogens is 234 g/mol. The first kappa shape index (κ1) is 12.1. The van der Waals surface area contributed by atoms with E-state index in [1.165, 1.54) is 19.2 Å². The minimum atomic E-state index is -0.196. The van der Waals surface area contributed by atoms with Crippen molar-refractivity contribution in [3.63, 3.8) is 0 Å². The van der Waals surface area contributed by atoms with Gasteiger partial charge in [-0.1, -0.05) is 5.16 Å². The van der Waals surface area contributed by atoms with E-state index in [-0.39, 0.29) is 17.9 Å². The third-order valence-corrected chi connectivity index (χ3v) is 2.47. The van der Waals surface area contributed by atoms with Crippen LogP contribution in [0.1, 0.15) is 18.2 Å². The monoisotopic (exact) mass is 247 g/mol. The zero-order valence-corrected chi connectivity index (χ0v) is 10.1. The molecule has 0 saturated heterocycles. The van der Waals surface area contributed by atoms with Crippen LogP contribution in [0.3, 0.4) is 0 Å². The number of hydrogen-bond acceptors (Lipinski definition) is 4. The van der Waals surface area contributed by atoms with Gasteiger partial charge in [-0.05, 0) is 6.92 Å². The number of hydrogen-bond donors (Lipinski definition) is 2. The van der Waals surface area contributed by atoms with Gasteiger partial charge in [0.15, 0.2) is 11.2 Å². The number of nitrogens with zero attached hydrogens (tertiary/aromatic N) is 1. The molecule has 1 amide bonds. The van der Waals surface area contributed by atoms with Crippen LogP contribution in [0, 0.1) is 6.92 Å². The Morgan fingerprint density at radius 2 is 2.33 bits per heavy atom. The van der Waals surface area contributed by atoms with Gasteiger partial charge >= 0.3 is 0 Å². The van der Waals surface area contributed by atoms with E-state index < -0.39 is 0 Å². The summed E-state index contributed by atoms with van der Waals surface area (Å²) in [6, 6.07) is 3.14. The van der Waals surface area contributed by atoms with Crippen molar-refractivity contribution in [3.8, 4) is 11.5 Å². The molecule has 18 heavy (non-hydrogen) atoms. The van der Waals surface area contributed by atoms with Crippen molar-refractivity contribution in [2.75, 3.05) is 0 Å². The number of carbonyl (C=O) groups is 1. The molecule has 0 radical (unpaired) electrons. The molecule has 0 bridgehead atoms. The van der Waals surface area contributed by atoms with Crippen molar-refractivity contribution < 1.29 is 9.32 Å². The van der Waals surface area contributed by atoms with Crippen molar-refractivity contribution >= 4 is 5.91 Å². The van der Waals surface area contributed by atoms with E-state index in [9.17, 15) is 9.59 Å². The Morgan fingerprint density at radius 1 is 1.56 bits per heavy atom. The zero-order chi connectivity index (χ0) is 13.1. The minimum Gasteiger partial charge on any atom is -0.356 e. The standard InChI is InChI=1S/C12H13N3O3/c1-7-5-10(17)9(6-13-8(2)16)12(15-7)11-3-4-14-18-11/h3-5H,6H2,1-2H3,(H,13,16)(H,15,17). The third kappa shape index (κ3) is 2.48. The lowest BCUT2D eigenvalue weighted by Crippen LogP contribution is -2.24. The molecule has 2 heterocycles. The molecule has 0 aliphatic carbocycles. The van der Waals surface area contributed by atoms with Gasteiger partial charge in [0.2, 0.25) is 5.91 Å². The lowest BCUT2D eigenvalue weighted by molar-refractivity contribution is -0.119. The number of aromatic amines is 1. The van der Waals surface area contributed by atoms with Crippen LogP contribution in [0.5, 0.6) is 0 Å². The van der Waals surface area contributed by atoms with Gasteiger partial charge in [0, 0.05) is 36.9 Å². The Morgan fingerprint density at radius 3 is 2.94 bits per heavy atom. The van der Waals surface area contributed by atoms with Crippen LogP contribution in [0.4, 0.5) is 0 Å². The number of amides is 1. The quantitative estimate of drug-likeness (QED) is 0.846. The van der Waals surface area contributed by atoms with E-state index in [1.807, 2.05) is 0 Å². The molecule has 6 heteroatoms. The average Bonchev–Trinajstić information content (AvgIpc) is 2.79. The van der Waals surface area contributed by atoms with Crippen molar-refractivity contribution in [3.05, 3.63) is 39.8 Å². The van der Waals surface area contributed by atoms with Crippen LogP contribution in [0.25, 0.3) is 11.5 Å². The van der Waals surface area contributed by atoms with Crippen LogP contribution in [-0.2, 0) is 11.3 Å². The van der Waals surface area contributed by atoms with Gasteiger partial charge in [0.1, 0.15) is 0 Å². The van der Waals surface area contributed by atoms with Crippen molar-refractivity contribution in [2.24, 2.45) is 0 Å². The summed E-state index contributed by atoms with van der Waals surface area (Å²) in [7, 11) is 0. The first-order chi connectivity index (χ1) is 8.58. The number of aromatic nitrogens is 2. The van der Waals surface area contributed by atoms with Gasteiger partial charge in [-0.15, -0.1) is 0 Å². The highest BCUT2D eigenvalue weighted by Gasteiger charge is 2.13. The molecule has 2 N–H and O–H groups in total. The predicted octanol–water partition coefficient (Wildman–Crippen LogP) is 0.974. The fourth-order valence-corrected chi connectivity index (χ4v) is 1.66. The maximum absolute atomic E-state index is 11.9. The second-order valence-corrected chi connectivity index (χ2v) is 3.96. The Labute approximate surface area is 103 Å². The zero-order valence-electron chi connectivity index (χ0n) is 10.1. The number of H-pyrrole nitrogens is 1. The van der Waals surface area contributed by atoms with Gasteiger partial charge in [-0.2, -0.15) is 0 Å². The SMILES string of the molecule is CC(=O)NCc1c(-c2ccno2)[nH]c(C)cc1=O. The molecule has 0 aliphatic heterocycles. The Bertz CT molecular complexity index is 614. The summed E-state index contributed by atoms with van der Waals surface area (Å²) >= 11 is 0. The maximum Gasteiger partial charge on any atom is 0.217 e. The van der Waals surface area contributed by atoms with Crippen LogP contribution in [0.2, 0.25) is 0 Å². The molecule has 2 rings (SSSR count). The summed E-state index contributed by atoms with van der Waals surface area (Å²) in [5.74, 6) is 0.273. The lowest BCUT2D eigenvalue weighted by Gasteiger charge is -2.08. The molecule has 0 spiro atoms. The normalized spacial score (nSPS) is 10.3. The van der Waals surface area contributed by atoms with Gasteiger partial charge < -0.3 is 14.8 Å². The first-order valence-electron chi connectivity index (χ1n) is 5.46. The minimum absolute atomic E-state index is 0.147. The van der Waals surface area contributed by atoms with E-state index in [1.54, 1.807) is 13.0 Å². The molecule has 0 fully saturated rings. The van der Waals surface area contributed by atoms with Crippen LogP contribution >= 0.6 is 0 Å². The summed E-state index contributed by atoms with van der Waals surface area (Å²) in [4.78, 5) is 25.9. The van der Waals surface area contributed by atoms with E-state index in [0.717, 1.165) is 5.69 Å². The van der Waals surface area contributed by atoms with E-state index >= 15 is 0 Å². The second kappa shape index (κ2) is 4.87. The van der Waals surface area contributed by atoms with Crippen molar-refractivity contribution in [1.82, 2.24) is 15.5 Å². The summed E-state index contributed by atoms with van der Waals surface area (Å²) in [5.41, 5.74) is 1.57. The average molecular weight is 247 g/mol. The highest BCUT2D eigenvalue weighted by Crippen LogP contribution is 2.18. The van der Waals surface area contributed by atoms with Crippen LogP contribution in [-0.4, -0.2) is 16.0 Å². The predicted molar refractivity (Wildman–Crippen MR) is 64.8 cm³/mol. The Kier molecular flexibility index (Phi) is 3.27. The first-order valence-corrected chi connectivity index (χ1v) is 5.46. The molecule has 6 nitrogen and oxygen atoms in total. The smallest absolute Gasteiger partial charge is 0.217 e. The molecule has 0 atom stereocenters. The molecular formula is C12H13N3O3. The number of aryl methyl sites for hydroxylation is 1. The molecule has 0 aromatic carbocycles. The Hall–Kier alpha value is -2.37. The maximum atomic E-state index is 11.9. The number of carbonyl (C=O) groups excluding carboxylic acids is 1. The van der Waals surface area contributed by atoms with Crippen LogP contribution < -0.4 is 10.7 Å². The fraction of sp³-hybridized carbons (Fsp3) is 0.250. The second-order valence-electron chi connectivity index (χ2n) is 3.96. The van der Waals surface area contributed by atoms with E-state index in [0.29, 0.717) is 17.0 Å². The van der Waals surface area contributed by atoms with Gasteiger partial charge in [0.05, 0.1) is 11.9 Å². The van der Waals surface area contributed by atoms with Gasteiger partial charge in [-0.25, -0.2) is 0 Å². The fourth-order valence-electron chi connectivity index (χ4n) is 1.66. The lowest BCUT2D eigenvalue weighted by atomic mass is 10.1. The number of pyridine rings is 1.